The quantitative estimate of drug-likeness (QED) is 0.782. The van der Waals surface area contributed by atoms with E-state index in [1.54, 1.807) is 31.3 Å². The van der Waals surface area contributed by atoms with Crippen LogP contribution >= 0.6 is 0 Å². The maximum Gasteiger partial charge on any atom is 0.321 e. The van der Waals surface area contributed by atoms with Gasteiger partial charge in [0.15, 0.2) is 0 Å². The molecule has 0 aliphatic rings. The van der Waals surface area contributed by atoms with E-state index in [1.807, 2.05) is 13.0 Å². The van der Waals surface area contributed by atoms with Gasteiger partial charge in [0, 0.05) is 24.5 Å². The van der Waals surface area contributed by atoms with E-state index in [1.165, 1.54) is 4.90 Å². The van der Waals surface area contributed by atoms with Gasteiger partial charge in [0.05, 0.1) is 12.5 Å². The second-order valence-electron chi connectivity index (χ2n) is 3.88. The monoisotopic (exact) mass is 232 g/mol. The van der Waals surface area contributed by atoms with Gasteiger partial charge in [-0.2, -0.15) is 5.26 Å². The van der Waals surface area contributed by atoms with Crippen LogP contribution in [0.5, 0.6) is 0 Å². The van der Waals surface area contributed by atoms with Crippen LogP contribution in [0, 0.1) is 11.3 Å². The molecule has 0 aliphatic heterocycles. The van der Waals surface area contributed by atoms with Crippen molar-refractivity contribution in [1.82, 2.24) is 4.90 Å². The van der Waals surface area contributed by atoms with Crippen LogP contribution in [0.25, 0.3) is 0 Å². The molecule has 0 spiro atoms. The predicted molar refractivity (Wildman–Crippen MR) is 67.3 cm³/mol. The first-order valence-corrected chi connectivity index (χ1v) is 5.31. The van der Waals surface area contributed by atoms with E-state index >= 15 is 0 Å². The molecule has 0 aliphatic carbocycles. The minimum Gasteiger partial charge on any atom is -0.399 e. The lowest BCUT2D eigenvalue weighted by Gasteiger charge is -2.23. The average Bonchev–Trinajstić information content (AvgIpc) is 2.28. The molecule has 0 bridgehead atoms. The summed E-state index contributed by atoms with van der Waals surface area (Å²) < 4.78 is 0. The molecule has 0 aromatic heterocycles. The highest BCUT2D eigenvalue weighted by Gasteiger charge is 2.15. The van der Waals surface area contributed by atoms with Gasteiger partial charge >= 0.3 is 6.03 Å². The number of nitrogens with two attached hydrogens (primary N) is 1. The third-order valence-corrected chi connectivity index (χ3v) is 2.51. The zero-order valence-electron chi connectivity index (χ0n) is 9.97. The summed E-state index contributed by atoms with van der Waals surface area (Å²) in [5.41, 5.74) is 6.85. The van der Waals surface area contributed by atoms with Gasteiger partial charge in [-0.3, -0.25) is 0 Å². The van der Waals surface area contributed by atoms with Crippen molar-refractivity contribution in [2.24, 2.45) is 0 Å². The molecule has 2 amide bonds. The Morgan fingerprint density at radius 3 is 2.94 bits per heavy atom. The Balaban J connectivity index is 2.63. The summed E-state index contributed by atoms with van der Waals surface area (Å²) in [6, 6.07) is 8.62. The van der Waals surface area contributed by atoms with Crippen LogP contribution in [0.1, 0.15) is 13.3 Å². The van der Waals surface area contributed by atoms with Crippen molar-refractivity contribution in [2.75, 3.05) is 18.1 Å². The second kappa shape index (κ2) is 5.75. The van der Waals surface area contributed by atoms with E-state index in [-0.39, 0.29) is 12.1 Å². The predicted octanol–water partition coefficient (Wildman–Crippen LogP) is 2.03. The molecular weight excluding hydrogens is 216 g/mol. The van der Waals surface area contributed by atoms with Crippen molar-refractivity contribution in [3.63, 3.8) is 0 Å². The summed E-state index contributed by atoms with van der Waals surface area (Å²) in [5.74, 6) is 0. The van der Waals surface area contributed by atoms with Gasteiger partial charge in [-0.15, -0.1) is 0 Å². The van der Waals surface area contributed by atoms with Gasteiger partial charge in [0.25, 0.3) is 0 Å². The molecular formula is C12H16N4O. The molecule has 5 nitrogen and oxygen atoms in total. The fraction of sp³-hybridized carbons (Fsp3) is 0.333. The van der Waals surface area contributed by atoms with E-state index in [9.17, 15) is 4.79 Å². The number of benzene rings is 1. The first-order chi connectivity index (χ1) is 8.04. The summed E-state index contributed by atoms with van der Waals surface area (Å²) in [6.07, 6.45) is 0.306. The van der Waals surface area contributed by atoms with Gasteiger partial charge in [0.1, 0.15) is 0 Å². The van der Waals surface area contributed by atoms with E-state index in [4.69, 9.17) is 11.0 Å². The number of nitriles is 1. The topological polar surface area (TPSA) is 82.2 Å². The van der Waals surface area contributed by atoms with E-state index < -0.39 is 0 Å². The standard InChI is InChI=1S/C12H16N4O/c1-9(6-7-13)16(2)12(17)15-11-5-3-4-10(14)8-11/h3-5,8-9H,6,14H2,1-2H3,(H,15,17). The SMILES string of the molecule is CC(CC#N)N(C)C(=O)Nc1cccc(N)c1. The fourth-order valence-corrected chi connectivity index (χ4v) is 1.30. The summed E-state index contributed by atoms with van der Waals surface area (Å²) >= 11 is 0. The number of hydrogen-bond donors (Lipinski definition) is 2. The highest BCUT2D eigenvalue weighted by molar-refractivity contribution is 5.89. The molecule has 0 fully saturated rings. The van der Waals surface area contributed by atoms with Gasteiger partial charge in [-0.1, -0.05) is 6.07 Å². The van der Waals surface area contributed by atoms with Crippen LogP contribution in [0.3, 0.4) is 0 Å². The number of nitrogens with one attached hydrogen (secondary N) is 1. The lowest BCUT2D eigenvalue weighted by molar-refractivity contribution is 0.208. The Hall–Kier alpha value is -2.22. The number of carbonyl (C=O) groups excluding carboxylic acids is 1. The summed E-state index contributed by atoms with van der Waals surface area (Å²) in [6.45, 7) is 1.82. The molecule has 1 aromatic carbocycles. The van der Waals surface area contributed by atoms with Crippen molar-refractivity contribution in [1.29, 1.82) is 5.26 Å². The Labute approximate surface area is 101 Å². The van der Waals surface area contributed by atoms with Gasteiger partial charge in [-0.05, 0) is 25.1 Å². The van der Waals surface area contributed by atoms with E-state index in [2.05, 4.69) is 5.32 Å². The number of amides is 2. The number of rotatable bonds is 3. The Morgan fingerprint density at radius 2 is 2.35 bits per heavy atom. The largest absolute Gasteiger partial charge is 0.399 e. The Bertz CT molecular complexity index is 438. The lowest BCUT2D eigenvalue weighted by atomic mass is 10.2. The number of nitrogens with zero attached hydrogens (tertiary/aromatic N) is 2. The van der Waals surface area contributed by atoms with Crippen molar-refractivity contribution < 1.29 is 4.79 Å². The second-order valence-corrected chi connectivity index (χ2v) is 3.88. The average molecular weight is 232 g/mol. The minimum absolute atomic E-state index is 0.124. The molecule has 1 unspecified atom stereocenters. The fourth-order valence-electron chi connectivity index (χ4n) is 1.30. The molecule has 0 saturated carbocycles. The Morgan fingerprint density at radius 1 is 1.65 bits per heavy atom. The zero-order valence-corrected chi connectivity index (χ0v) is 9.97. The molecule has 5 heteroatoms. The van der Waals surface area contributed by atoms with Gasteiger partial charge in [0.2, 0.25) is 0 Å². The number of urea groups is 1. The number of carbonyl (C=O) groups is 1. The number of hydrogen-bond acceptors (Lipinski definition) is 3. The zero-order chi connectivity index (χ0) is 12.8. The van der Waals surface area contributed by atoms with E-state index in [0.717, 1.165) is 0 Å². The molecule has 90 valence electrons. The summed E-state index contributed by atoms with van der Waals surface area (Å²) in [7, 11) is 1.66. The van der Waals surface area contributed by atoms with Crippen LogP contribution in [0.2, 0.25) is 0 Å². The molecule has 0 saturated heterocycles. The van der Waals surface area contributed by atoms with Gasteiger partial charge in [-0.25, -0.2) is 4.79 Å². The number of nitrogen functional groups attached to an aromatic ring is 1. The molecule has 1 aromatic rings. The first kappa shape index (κ1) is 12.8. The van der Waals surface area contributed by atoms with Crippen molar-refractivity contribution >= 4 is 17.4 Å². The van der Waals surface area contributed by atoms with Crippen LogP contribution in [-0.4, -0.2) is 24.0 Å². The lowest BCUT2D eigenvalue weighted by Crippen LogP contribution is -2.38. The molecule has 0 heterocycles. The molecule has 0 radical (unpaired) electrons. The summed E-state index contributed by atoms with van der Waals surface area (Å²) in [4.78, 5) is 13.3. The van der Waals surface area contributed by atoms with Crippen molar-refractivity contribution in [2.45, 2.75) is 19.4 Å². The van der Waals surface area contributed by atoms with Crippen molar-refractivity contribution in [3.8, 4) is 6.07 Å². The third-order valence-electron chi connectivity index (χ3n) is 2.51. The minimum atomic E-state index is -0.252. The normalized spacial score (nSPS) is 11.4. The molecule has 3 N–H and O–H groups in total. The molecule has 1 rings (SSSR count). The van der Waals surface area contributed by atoms with Crippen LogP contribution in [-0.2, 0) is 0 Å². The van der Waals surface area contributed by atoms with Gasteiger partial charge < -0.3 is 16.0 Å². The number of anilines is 2. The van der Waals surface area contributed by atoms with Crippen LogP contribution in [0.15, 0.2) is 24.3 Å². The maximum absolute atomic E-state index is 11.8. The highest BCUT2D eigenvalue weighted by atomic mass is 16.2. The van der Waals surface area contributed by atoms with E-state index in [0.29, 0.717) is 17.8 Å². The van der Waals surface area contributed by atoms with Crippen LogP contribution in [0.4, 0.5) is 16.2 Å². The first-order valence-electron chi connectivity index (χ1n) is 5.31. The summed E-state index contributed by atoms with van der Waals surface area (Å²) in [5, 5.41) is 11.3. The maximum atomic E-state index is 11.8. The third kappa shape index (κ3) is 3.68. The van der Waals surface area contributed by atoms with Crippen molar-refractivity contribution in [3.05, 3.63) is 24.3 Å². The molecule has 1 atom stereocenters. The highest BCUT2D eigenvalue weighted by Crippen LogP contribution is 2.13. The van der Waals surface area contributed by atoms with Crippen LogP contribution < -0.4 is 11.1 Å². The molecule has 17 heavy (non-hydrogen) atoms. The smallest absolute Gasteiger partial charge is 0.321 e. The Kier molecular flexibility index (Phi) is 4.35.